The van der Waals surface area contributed by atoms with E-state index in [2.05, 4.69) is 10.6 Å². The fourth-order valence-electron chi connectivity index (χ4n) is 2.30. The third-order valence-corrected chi connectivity index (χ3v) is 3.91. The van der Waals surface area contributed by atoms with Gasteiger partial charge in [-0.2, -0.15) is 0 Å². The summed E-state index contributed by atoms with van der Waals surface area (Å²) in [6.07, 6.45) is 0.745. The van der Waals surface area contributed by atoms with Gasteiger partial charge in [-0.05, 0) is 38.0 Å². The number of carbonyl (C=O) groups is 2. The first-order valence-corrected chi connectivity index (χ1v) is 6.90. The van der Waals surface area contributed by atoms with Crippen LogP contribution in [0.25, 0.3) is 0 Å². The molecule has 2 rings (SSSR count). The molecule has 21 heavy (non-hydrogen) atoms. The lowest BCUT2D eigenvalue weighted by Gasteiger charge is -2.28. The predicted octanol–water partition coefficient (Wildman–Crippen LogP) is 1.75. The molecule has 3 N–H and O–H groups in total. The fraction of sp³-hybridized carbons (Fsp3) is 0.467. The molecule has 1 aliphatic rings. The Hall–Kier alpha value is -2.08. The third-order valence-electron chi connectivity index (χ3n) is 3.91. The van der Waals surface area contributed by atoms with Crippen molar-refractivity contribution >= 4 is 12.0 Å². The van der Waals surface area contributed by atoms with Crippen LogP contribution < -0.4 is 10.6 Å². The molecule has 0 radical (unpaired) electrons. The Labute approximate surface area is 123 Å². The number of carboxylic acid groups (broad SMARTS) is 1. The monoisotopic (exact) mass is 292 g/mol. The second kappa shape index (κ2) is 6.13. The number of hydrogen-bond donors (Lipinski definition) is 3. The Morgan fingerprint density at radius 2 is 2.24 bits per heavy atom. The molecule has 2 amide bonds. The van der Waals surface area contributed by atoms with E-state index in [4.69, 9.17) is 9.84 Å². The van der Waals surface area contributed by atoms with Gasteiger partial charge in [-0.15, -0.1) is 0 Å². The maximum Gasteiger partial charge on any atom is 0.335 e. The van der Waals surface area contributed by atoms with Crippen molar-refractivity contribution in [2.45, 2.75) is 38.5 Å². The molecule has 1 aliphatic heterocycles. The molecule has 0 saturated carbocycles. The number of aromatic carboxylic acids is 1. The number of nitrogens with one attached hydrogen (secondary N) is 2. The molecular weight excluding hydrogens is 272 g/mol. The van der Waals surface area contributed by atoms with Gasteiger partial charge >= 0.3 is 12.0 Å². The third kappa shape index (κ3) is 3.72. The number of amides is 2. The SMILES string of the molecule is CC1OCCC1(C)NC(=O)NCc1cccc(C(=O)O)c1. The highest BCUT2D eigenvalue weighted by molar-refractivity contribution is 5.87. The molecule has 0 bridgehead atoms. The van der Waals surface area contributed by atoms with E-state index in [-0.39, 0.29) is 29.8 Å². The van der Waals surface area contributed by atoms with E-state index in [0.717, 1.165) is 12.0 Å². The maximum atomic E-state index is 11.9. The van der Waals surface area contributed by atoms with Crippen molar-refractivity contribution < 1.29 is 19.4 Å². The summed E-state index contributed by atoms with van der Waals surface area (Å²) in [7, 11) is 0. The van der Waals surface area contributed by atoms with Crippen LogP contribution in [0.2, 0.25) is 0 Å². The van der Waals surface area contributed by atoms with Crippen LogP contribution in [-0.4, -0.2) is 35.4 Å². The summed E-state index contributed by atoms with van der Waals surface area (Å²) >= 11 is 0. The first-order valence-electron chi connectivity index (χ1n) is 6.90. The lowest BCUT2D eigenvalue weighted by molar-refractivity contribution is 0.0696. The van der Waals surface area contributed by atoms with E-state index >= 15 is 0 Å². The zero-order valence-corrected chi connectivity index (χ0v) is 12.2. The second-order valence-electron chi connectivity index (χ2n) is 5.49. The van der Waals surface area contributed by atoms with Gasteiger partial charge in [-0.1, -0.05) is 12.1 Å². The first-order chi connectivity index (χ1) is 9.90. The van der Waals surface area contributed by atoms with Crippen LogP contribution in [0.4, 0.5) is 4.79 Å². The molecule has 0 aliphatic carbocycles. The number of carboxylic acids is 1. The summed E-state index contributed by atoms with van der Waals surface area (Å²) < 4.78 is 5.47. The maximum absolute atomic E-state index is 11.9. The Balaban J connectivity index is 1.89. The van der Waals surface area contributed by atoms with Gasteiger partial charge in [0.2, 0.25) is 0 Å². The quantitative estimate of drug-likeness (QED) is 0.789. The van der Waals surface area contributed by atoms with E-state index in [9.17, 15) is 9.59 Å². The number of benzene rings is 1. The van der Waals surface area contributed by atoms with Crippen LogP contribution in [0, 0.1) is 0 Å². The van der Waals surface area contributed by atoms with E-state index in [1.807, 2.05) is 13.8 Å². The molecule has 1 saturated heterocycles. The van der Waals surface area contributed by atoms with Gasteiger partial charge in [-0.25, -0.2) is 9.59 Å². The van der Waals surface area contributed by atoms with Crippen LogP contribution in [0.1, 0.15) is 36.2 Å². The van der Waals surface area contributed by atoms with Crippen LogP contribution >= 0.6 is 0 Å². The van der Waals surface area contributed by atoms with Gasteiger partial charge < -0.3 is 20.5 Å². The summed E-state index contributed by atoms with van der Waals surface area (Å²) in [6, 6.07) is 6.22. The highest BCUT2D eigenvalue weighted by atomic mass is 16.5. The largest absolute Gasteiger partial charge is 0.478 e. The van der Waals surface area contributed by atoms with Crippen LogP contribution in [-0.2, 0) is 11.3 Å². The molecule has 114 valence electrons. The van der Waals surface area contributed by atoms with Crippen molar-refractivity contribution in [3.8, 4) is 0 Å². The molecule has 2 unspecified atom stereocenters. The molecule has 1 aromatic carbocycles. The normalized spacial score (nSPS) is 24.6. The smallest absolute Gasteiger partial charge is 0.335 e. The Bertz CT molecular complexity index is 546. The van der Waals surface area contributed by atoms with Gasteiger partial charge in [0.05, 0.1) is 17.2 Å². The molecule has 1 aromatic rings. The number of urea groups is 1. The minimum Gasteiger partial charge on any atom is -0.478 e. The van der Waals surface area contributed by atoms with Crippen molar-refractivity contribution in [2.75, 3.05) is 6.61 Å². The zero-order chi connectivity index (χ0) is 15.5. The predicted molar refractivity (Wildman–Crippen MR) is 77.2 cm³/mol. The molecular formula is C15H20N2O4. The van der Waals surface area contributed by atoms with Gasteiger partial charge in [-0.3, -0.25) is 0 Å². The molecule has 1 heterocycles. The van der Waals surface area contributed by atoms with Crippen molar-refractivity contribution in [3.05, 3.63) is 35.4 Å². The number of rotatable bonds is 4. The summed E-state index contributed by atoms with van der Waals surface area (Å²) in [6.45, 7) is 4.80. The highest BCUT2D eigenvalue weighted by Gasteiger charge is 2.38. The van der Waals surface area contributed by atoms with E-state index < -0.39 is 5.97 Å². The van der Waals surface area contributed by atoms with Crippen LogP contribution in [0.3, 0.4) is 0 Å². The lowest BCUT2D eigenvalue weighted by Crippen LogP contribution is -2.53. The van der Waals surface area contributed by atoms with Gasteiger partial charge in [0.1, 0.15) is 0 Å². The molecule has 6 heteroatoms. The van der Waals surface area contributed by atoms with E-state index in [1.165, 1.54) is 6.07 Å². The van der Waals surface area contributed by atoms with Gasteiger partial charge in [0.25, 0.3) is 0 Å². The average molecular weight is 292 g/mol. The fourth-order valence-corrected chi connectivity index (χ4v) is 2.30. The van der Waals surface area contributed by atoms with E-state index in [1.54, 1.807) is 18.2 Å². The molecule has 0 spiro atoms. The first kappa shape index (κ1) is 15.3. The summed E-state index contributed by atoms with van der Waals surface area (Å²) in [4.78, 5) is 22.8. The number of hydrogen-bond acceptors (Lipinski definition) is 3. The zero-order valence-electron chi connectivity index (χ0n) is 12.2. The van der Waals surface area contributed by atoms with Crippen molar-refractivity contribution in [1.82, 2.24) is 10.6 Å². The van der Waals surface area contributed by atoms with E-state index in [0.29, 0.717) is 6.61 Å². The van der Waals surface area contributed by atoms with Crippen molar-refractivity contribution in [3.63, 3.8) is 0 Å². The Morgan fingerprint density at radius 3 is 2.86 bits per heavy atom. The standard InChI is InChI=1S/C15H20N2O4/c1-10-15(2,6-7-21-10)17-14(20)16-9-11-4-3-5-12(8-11)13(18)19/h3-5,8,10H,6-7,9H2,1-2H3,(H,18,19)(H2,16,17,20). The van der Waals surface area contributed by atoms with Crippen molar-refractivity contribution in [1.29, 1.82) is 0 Å². The van der Waals surface area contributed by atoms with Crippen LogP contribution in [0.15, 0.2) is 24.3 Å². The summed E-state index contributed by atoms with van der Waals surface area (Å²) in [5, 5.41) is 14.6. The minimum absolute atomic E-state index is 0.0291. The second-order valence-corrected chi connectivity index (χ2v) is 5.49. The summed E-state index contributed by atoms with van der Waals surface area (Å²) in [5.74, 6) is -0.981. The average Bonchev–Trinajstić information content (AvgIpc) is 2.76. The van der Waals surface area contributed by atoms with Gasteiger partial charge in [0.15, 0.2) is 0 Å². The highest BCUT2D eigenvalue weighted by Crippen LogP contribution is 2.24. The molecule has 6 nitrogen and oxygen atoms in total. The lowest BCUT2D eigenvalue weighted by atomic mass is 9.95. The molecule has 0 aromatic heterocycles. The number of ether oxygens (including phenoxy) is 1. The Morgan fingerprint density at radius 1 is 1.48 bits per heavy atom. The Kier molecular flexibility index (Phi) is 4.47. The number of carbonyl (C=O) groups excluding carboxylic acids is 1. The summed E-state index contributed by atoms with van der Waals surface area (Å²) in [5.41, 5.74) is 0.581. The van der Waals surface area contributed by atoms with Crippen LogP contribution in [0.5, 0.6) is 0 Å². The van der Waals surface area contributed by atoms with Gasteiger partial charge in [0, 0.05) is 13.2 Å². The molecule has 2 atom stereocenters. The molecule has 1 fully saturated rings. The topological polar surface area (TPSA) is 87.7 Å². The minimum atomic E-state index is -0.981. The van der Waals surface area contributed by atoms with Crippen molar-refractivity contribution in [2.24, 2.45) is 0 Å².